The largest absolute Gasteiger partial charge is 0.496 e. The summed E-state index contributed by atoms with van der Waals surface area (Å²) >= 11 is 1.41. The van der Waals surface area contributed by atoms with Gasteiger partial charge in [-0.05, 0) is 18.6 Å². The molecule has 3 aromatic rings. The molecule has 0 fully saturated rings. The van der Waals surface area contributed by atoms with E-state index in [1.54, 1.807) is 24.3 Å². The van der Waals surface area contributed by atoms with Crippen LogP contribution in [-0.4, -0.2) is 44.8 Å². The zero-order valence-electron chi connectivity index (χ0n) is 21.2. The smallest absolute Gasteiger partial charge is 0.315 e. The van der Waals surface area contributed by atoms with Crippen LogP contribution in [0.3, 0.4) is 0 Å². The summed E-state index contributed by atoms with van der Waals surface area (Å²) in [4.78, 5) is 42.2. The number of methoxy groups -OCH3 is 1. The second kappa shape index (κ2) is 11.4. The third kappa shape index (κ3) is 5.37. The summed E-state index contributed by atoms with van der Waals surface area (Å²) in [7, 11) is 1.34. The molecule has 0 spiro atoms. The number of amides is 1. The second-order valence-corrected chi connectivity index (χ2v) is 9.30. The summed E-state index contributed by atoms with van der Waals surface area (Å²) in [6.07, 6.45) is 0.621. The fourth-order valence-corrected chi connectivity index (χ4v) is 4.79. The van der Waals surface area contributed by atoms with Crippen molar-refractivity contribution < 1.29 is 28.7 Å². The van der Waals surface area contributed by atoms with Crippen LogP contribution in [0.4, 0.5) is 11.4 Å². The Morgan fingerprint density at radius 3 is 2.63 bits per heavy atom. The number of esters is 1. The highest BCUT2D eigenvalue weighted by Crippen LogP contribution is 2.47. The molecule has 0 saturated carbocycles. The standard InChI is InChI=1S/C25H25N5O7S/c1-5-6-11-38-25-26-23-21(27-28-25)17-9-7-8-10-19(17)29(14(2)31)24(37-23)18-12-16(35-4)13-20(30(33)34)22(18)36-15(3)32/h7-10,12-13,24H,5-6,11H2,1-4H3/t24-/m1/s1. The van der Waals surface area contributed by atoms with E-state index in [2.05, 4.69) is 22.1 Å². The van der Waals surface area contributed by atoms with Crippen molar-refractivity contribution in [3.05, 3.63) is 52.1 Å². The molecule has 13 heteroatoms. The van der Waals surface area contributed by atoms with Gasteiger partial charge >= 0.3 is 11.7 Å². The summed E-state index contributed by atoms with van der Waals surface area (Å²) in [5, 5.41) is 20.9. The second-order valence-electron chi connectivity index (χ2n) is 8.24. The van der Waals surface area contributed by atoms with Crippen molar-refractivity contribution in [2.75, 3.05) is 17.8 Å². The molecule has 1 amide bonds. The highest BCUT2D eigenvalue weighted by molar-refractivity contribution is 7.99. The molecule has 0 saturated heterocycles. The third-order valence-corrected chi connectivity index (χ3v) is 6.52. The number of para-hydroxylation sites is 1. The summed E-state index contributed by atoms with van der Waals surface area (Å²) in [5.41, 5.74) is 0.710. The number of hydrogen-bond acceptors (Lipinski definition) is 11. The number of hydrogen-bond donors (Lipinski definition) is 0. The minimum Gasteiger partial charge on any atom is -0.496 e. The molecule has 38 heavy (non-hydrogen) atoms. The topological polar surface area (TPSA) is 147 Å². The monoisotopic (exact) mass is 539 g/mol. The molecule has 0 N–H and O–H groups in total. The number of fused-ring (bicyclic) bond motifs is 3. The van der Waals surface area contributed by atoms with Gasteiger partial charge in [0.1, 0.15) is 5.75 Å². The lowest BCUT2D eigenvalue weighted by atomic mass is 10.1. The molecule has 198 valence electrons. The Hall–Kier alpha value is -4.26. The zero-order chi connectivity index (χ0) is 27.4. The van der Waals surface area contributed by atoms with E-state index >= 15 is 0 Å². The van der Waals surface area contributed by atoms with Gasteiger partial charge in [-0.1, -0.05) is 43.3 Å². The first-order chi connectivity index (χ1) is 18.2. The normalized spacial score (nSPS) is 14.0. The van der Waals surface area contributed by atoms with E-state index in [1.807, 2.05) is 0 Å². The molecule has 0 unspecified atom stereocenters. The average molecular weight is 540 g/mol. The number of benzene rings is 2. The van der Waals surface area contributed by atoms with Crippen molar-refractivity contribution in [2.24, 2.45) is 0 Å². The first-order valence-corrected chi connectivity index (χ1v) is 12.7. The summed E-state index contributed by atoms with van der Waals surface area (Å²) < 4.78 is 16.9. The Morgan fingerprint density at radius 1 is 1.21 bits per heavy atom. The Kier molecular flexibility index (Phi) is 8.05. The van der Waals surface area contributed by atoms with Gasteiger partial charge in [-0.25, -0.2) is 0 Å². The molecule has 0 radical (unpaired) electrons. The number of nitrogens with zero attached hydrogens (tertiary/aromatic N) is 5. The first kappa shape index (κ1) is 26.8. The van der Waals surface area contributed by atoms with E-state index in [9.17, 15) is 19.7 Å². The van der Waals surface area contributed by atoms with Gasteiger partial charge in [0.25, 0.3) is 0 Å². The van der Waals surface area contributed by atoms with Gasteiger partial charge in [0.05, 0.1) is 29.4 Å². The number of carbonyl (C=O) groups excluding carboxylic acids is 2. The molecule has 2 heterocycles. The van der Waals surface area contributed by atoms with Crippen LogP contribution in [0.1, 0.15) is 45.4 Å². The summed E-state index contributed by atoms with van der Waals surface area (Å²) in [6.45, 7) is 4.52. The van der Waals surface area contributed by atoms with Crippen molar-refractivity contribution >= 4 is 35.0 Å². The molecule has 12 nitrogen and oxygen atoms in total. The van der Waals surface area contributed by atoms with E-state index in [0.717, 1.165) is 31.6 Å². The van der Waals surface area contributed by atoms with Crippen molar-refractivity contribution in [3.8, 4) is 28.6 Å². The molecule has 1 aliphatic rings. The molecule has 4 rings (SSSR count). The van der Waals surface area contributed by atoms with Gasteiger partial charge in [-0.3, -0.25) is 24.6 Å². The van der Waals surface area contributed by atoms with Crippen LogP contribution >= 0.6 is 11.8 Å². The van der Waals surface area contributed by atoms with Crippen molar-refractivity contribution in [1.29, 1.82) is 0 Å². The number of nitro benzene ring substituents is 1. The fourth-order valence-electron chi connectivity index (χ4n) is 3.92. The molecule has 1 aromatic heterocycles. The number of rotatable bonds is 8. The highest BCUT2D eigenvalue weighted by Gasteiger charge is 2.39. The molecule has 1 atom stereocenters. The quantitative estimate of drug-likeness (QED) is 0.0978. The molecular formula is C25H25N5O7S. The van der Waals surface area contributed by atoms with E-state index in [1.165, 1.54) is 36.8 Å². The lowest BCUT2D eigenvalue weighted by Gasteiger charge is -2.30. The Bertz CT molecular complexity index is 1400. The number of nitro groups is 1. The fraction of sp³-hybridized carbons (Fsp3) is 0.320. The molecule has 0 bridgehead atoms. The van der Waals surface area contributed by atoms with Gasteiger partial charge in [-0.2, -0.15) is 4.98 Å². The number of thioether (sulfide) groups is 1. The van der Waals surface area contributed by atoms with Crippen molar-refractivity contribution in [3.63, 3.8) is 0 Å². The molecule has 0 aliphatic carbocycles. The zero-order valence-corrected chi connectivity index (χ0v) is 22.0. The Labute approximate surface area is 222 Å². The number of carbonyl (C=O) groups is 2. The van der Waals surface area contributed by atoms with Crippen LogP contribution in [-0.2, 0) is 9.59 Å². The van der Waals surface area contributed by atoms with Gasteiger partial charge in [0.2, 0.25) is 28.9 Å². The summed E-state index contributed by atoms with van der Waals surface area (Å²) in [6, 6.07) is 9.49. The maximum atomic E-state index is 13.1. The SMILES string of the molecule is CCCCSc1nnc2c(n1)O[C@H](c1cc(OC)cc([N+](=O)[O-])c1OC(C)=O)N(C(C)=O)c1ccccc1-2. The first-order valence-electron chi connectivity index (χ1n) is 11.7. The Balaban J connectivity index is 1.99. The van der Waals surface area contributed by atoms with E-state index < -0.39 is 28.7 Å². The molecular weight excluding hydrogens is 514 g/mol. The van der Waals surface area contributed by atoms with Gasteiger partial charge in [-0.15, -0.1) is 10.2 Å². The van der Waals surface area contributed by atoms with Gasteiger partial charge < -0.3 is 14.2 Å². The maximum absolute atomic E-state index is 13.1. The summed E-state index contributed by atoms with van der Waals surface area (Å²) in [5.74, 6) is -0.666. The third-order valence-electron chi connectivity index (χ3n) is 5.60. The van der Waals surface area contributed by atoms with Crippen LogP contribution in [0.5, 0.6) is 17.4 Å². The molecule has 1 aliphatic heterocycles. The van der Waals surface area contributed by atoms with Crippen LogP contribution in [0, 0.1) is 10.1 Å². The molecule has 2 aromatic carbocycles. The lowest BCUT2D eigenvalue weighted by molar-refractivity contribution is -0.385. The van der Waals surface area contributed by atoms with Crippen LogP contribution in [0.15, 0.2) is 41.6 Å². The van der Waals surface area contributed by atoms with Crippen LogP contribution in [0.25, 0.3) is 11.3 Å². The van der Waals surface area contributed by atoms with Crippen molar-refractivity contribution in [2.45, 2.75) is 45.0 Å². The number of ether oxygens (including phenoxy) is 3. The number of unbranched alkanes of at least 4 members (excludes halogenated alkanes) is 1. The van der Waals surface area contributed by atoms with Gasteiger partial charge in [0, 0.05) is 25.2 Å². The van der Waals surface area contributed by atoms with Crippen LogP contribution in [0.2, 0.25) is 0 Å². The Morgan fingerprint density at radius 2 is 1.97 bits per heavy atom. The van der Waals surface area contributed by atoms with E-state index in [0.29, 0.717) is 22.1 Å². The maximum Gasteiger partial charge on any atom is 0.315 e. The van der Waals surface area contributed by atoms with Crippen molar-refractivity contribution in [1.82, 2.24) is 15.2 Å². The lowest BCUT2D eigenvalue weighted by Crippen LogP contribution is -2.36. The van der Waals surface area contributed by atoms with Gasteiger partial charge in [0.15, 0.2) is 5.69 Å². The van der Waals surface area contributed by atoms with E-state index in [4.69, 9.17) is 14.2 Å². The predicted molar refractivity (Wildman–Crippen MR) is 138 cm³/mol. The van der Waals surface area contributed by atoms with E-state index in [-0.39, 0.29) is 22.9 Å². The number of anilines is 1. The average Bonchev–Trinajstić information content (AvgIpc) is 3.02. The minimum atomic E-state index is -1.33. The van der Waals surface area contributed by atoms with Crippen LogP contribution < -0.4 is 19.1 Å². The highest BCUT2D eigenvalue weighted by atomic mass is 32.2. The predicted octanol–water partition coefficient (Wildman–Crippen LogP) is 4.72. The minimum absolute atomic E-state index is 0.0166. The number of aromatic nitrogens is 3.